The minimum absolute atomic E-state index is 0.166. The summed E-state index contributed by atoms with van der Waals surface area (Å²) in [5.74, 6) is -0.166. The fraction of sp³-hybridized carbons (Fsp3) is 0.400. The smallest absolute Gasteiger partial charge is 0.248 e. The molecule has 1 amide bonds. The molecule has 0 saturated heterocycles. The molecule has 1 aromatic carbocycles. The van der Waals surface area contributed by atoms with Crippen molar-refractivity contribution < 1.29 is 4.79 Å². The van der Waals surface area contributed by atoms with Crippen LogP contribution in [0.1, 0.15) is 49.1 Å². The van der Waals surface area contributed by atoms with Crippen LogP contribution in [0.3, 0.4) is 0 Å². The molecule has 4 nitrogen and oxygen atoms in total. The third-order valence-corrected chi connectivity index (χ3v) is 4.62. The minimum atomic E-state index is -0.166. The molecule has 0 spiro atoms. The van der Waals surface area contributed by atoms with E-state index in [2.05, 4.69) is 24.3 Å². The molecule has 0 radical (unpaired) electrons. The van der Waals surface area contributed by atoms with Crippen molar-refractivity contribution in [1.29, 1.82) is 0 Å². The summed E-state index contributed by atoms with van der Waals surface area (Å²) >= 11 is 6.40. The Morgan fingerprint density at radius 2 is 2.08 bits per heavy atom. The van der Waals surface area contributed by atoms with Gasteiger partial charge in [0.15, 0.2) is 0 Å². The first-order chi connectivity index (χ1) is 12.0. The lowest BCUT2D eigenvalue weighted by Gasteiger charge is -2.11. The number of amides is 1. The van der Waals surface area contributed by atoms with E-state index in [0.717, 1.165) is 53.9 Å². The van der Waals surface area contributed by atoms with Gasteiger partial charge in [-0.1, -0.05) is 50.1 Å². The average Bonchev–Trinajstić information content (AvgIpc) is 2.86. The van der Waals surface area contributed by atoms with E-state index in [1.165, 1.54) is 6.08 Å². The molecule has 0 atom stereocenters. The second-order valence-electron chi connectivity index (χ2n) is 6.15. The molecule has 2 aromatic rings. The molecule has 134 valence electrons. The molecular formula is C20H26ClN3O. The molecule has 1 N–H and O–H groups in total. The van der Waals surface area contributed by atoms with Crippen LogP contribution in [0.25, 0.3) is 6.08 Å². The first-order valence-electron chi connectivity index (χ1n) is 8.78. The molecule has 0 aliphatic carbocycles. The Balaban J connectivity index is 2.15. The molecule has 0 fully saturated rings. The highest BCUT2D eigenvalue weighted by molar-refractivity contribution is 6.31. The van der Waals surface area contributed by atoms with Crippen LogP contribution in [0.2, 0.25) is 5.15 Å². The topological polar surface area (TPSA) is 46.9 Å². The van der Waals surface area contributed by atoms with Crippen molar-refractivity contribution in [3.8, 4) is 0 Å². The van der Waals surface area contributed by atoms with Gasteiger partial charge >= 0.3 is 0 Å². The predicted molar refractivity (Wildman–Crippen MR) is 105 cm³/mol. The van der Waals surface area contributed by atoms with Gasteiger partial charge in [-0.2, -0.15) is 5.10 Å². The number of rotatable bonds is 7. The maximum absolute atomic E-state index is 12.3. The molecule has 2 rings (SSSR count). The lowest BCUT2D eigenvalue weighted by atomic mass is 10.1. The van der Waals surface area contributed by atoms with Crippen molar-refractivity contribution in [1.82, 2.24) is 9.78 Å². The fourth-order valence-electron chi connectivity index (χ4n) is 2.74. The largest absolute Gasteiger partial charge is 0.322 e. The lowest BCUT2D eigenvalue weighted by molar-refractivity contribution is -0.111. The quantitative estimate of drug-likeness (QED) is 0.693. The van der Waals surface area contributed by atoms with E-state index < -0.39 is 0 Å². The van der Waals surface area contributed by atoms with Crippen LogP contribution in [0.4, 0.5) is 5.69 Å². The Bertz CT molecular complexity index is 777. The molecule has 0 aliphatic heterocycles. The second kappa shape index (κ2) is 8.86. The van der Waals surface area contributed by atoms with Crippen LogP contribution in [-0.4, -0.2) is 15.7 Å². The van der Waals surface area contributed by atoms with Crippen molar-refractivity contribution in [3.05, 3.63) is 51.8 Å². The summed E-state index contributed by atoms with van der Waals surface area (Å²) in [5.41, 5.74) is 4.70. The van der Waals surface area contributed by atoms with Crippen LogP contribution in [0.5, 0.6) is 0 Å². The lowest BCUT2D eigenvalue weighted by Crippen LogP contribution is -2.11. The van der Waals surface area contributed by atoms with Crippen molar-refractivity contribution in [3.63, 3.8) is 0 Å². The van der Waals surface area contributed by atoms with Gasteiger partial charge in [0.2, 0.25) is 5.91 Å². The van der Waals surface area contributed by atoms with Gasteiger partial charge in [-0.25, -0.2) is 0 Å². The number of hydrogen-bond acceptors (Lipinski definition) is 2. The highest BCUT2D eigenvalue weighted by Gasteiger charge is 2.11. The molecule has 0 bridgehead atoms. The number of anilines is 1. The first kappa shape index (κ1) is 19.3. The maximum atomic E-state index is 12.3. The van der Waals surface area contributed by atoms with Crippen LogP contribution >= 0.6 is 11.6 Å². The normalized spacial score (nSPS) is 11.2. The standard InChI is InChI=1S/C20H26ClN3O/c1-5-7-13-24-20(21)17(15(4)23-24)11-12-18(25)22-19-14(3)9-8-10-16(19)6-2/h8-12H,5-7,13H2,1-4H3,(H,22,25)/b12-11+. The Kier molecular flexibility index (Phi) is 6.82. The van der Waals surface area contributed by atoms with Crippen molar-refractivity contribution in [2.75, 3.05) is 5.32 Å². The number of nitrogens with one attached hydrogen (secondary N) is 1. The number of aromatic nitrogens is 2. The summed E-state index contributed by atoms with van der Waals surface area (Å²) in [7, 11) is 0. The summed E-state index contributed by atoms with van der Waals surface area (Å²) in [6, 6.07) is 6.04. The summed E-state index contributed by atoms with van der Waals surface area (Å²) < 4.78 is 1.80. The number of benzene rings is 1. The molecule has 0 saturated carbocycles. The summed E-state index contributed by atoms with van der Waals surface area (Å²) in [6.45, 7) is 8.90. The molecule has 0 aliphatic rings. The van der Waals surface area contributed by atoms with Crippen molar-refractivity contribution in [2.45, 2.75) is 53.5 Å². The number of carbonyl (C=O) groups excluding carboxylic acids is 1. The summed E-state index contributed by atoms with van der Waals surface area (Å²) in [4.78, 5) is 12.3. The Labute approximate surface area is 154 Å². The van der Waals surface area contributed by atoms with Gasteiger partial charge in [-0.3, -0.25) is 9.48 Å². The van der Waals surface area contributed by atoms with Crippen molar-refractivity contribution >= 4 is 29.3 Å². The van der Waals surface area contributed by atoms with E-state index in [4.69, 9.17) is 11.6 Å². The van der Waals surface area contributed by atoms with Gasteiger partial charge < -0.3 is 5.32 Å². The number of hydrogen-bond donors (Lipinski definition) is 1. The average molecular weight is 360 g/mol. The number of carbonyl (C=O) groups is 1. The van der Waals surface area contributed by atoms with E-state index in [9.17, 15) is 4.79 Å². The third kappa shape index (κ3) is 4.73. The molecule has 1 heterocycles. The minimum Gasteiger partial charge on any atom is -0.322 e. The number of halogens is 1. The monoisotopic (exact) mass is 359 g/mol. The highest BCUT2D eigenvalue weighted by Crippen LogP contribution is 2.23. The zero-order valence-corrected chi connectivity index (χ0v) is 16.2. The molecular weight excluding hydrogens is 334 g/mol. The van der Waals surface area contributed by atoms with Gasteiger partial charge in [0.05, 0.1) is 5.69 Å². The van der Waals surface area contributed by atoms with Gasteiger partial charge in [0, 0.05) is 23.9 Å². The number of aryl methyl sites for hydroxylation is 4. The summed E-state index contributed by atoms with van der Waals surface area (Å²) in [5, 5.41) is 8.02. The van der Waals surface area contributed by atoms with E-state index in [1.54, 1.807) is 10.8 Å². The fourth-order valence-corrected chi connectivity index (χ4v) is 3.06. The third-order valence-electron chi connectivity index (χ3n) is 4.22. The molecule has 1 aromatic heterocycles. The highest BCUT2D eigenvalue weighted by atomic mass is 35.5. The van der Waals surface area contributed by atoms with E-state index in [0.29, 0.717) is 5.15 Å². The zero-order chi connectivity index (χ0) is 18.4. The number of para-hydroxylation sites is 1. The van der Waals surface area contributed by atoms with Crippen molar-refractivity contribution in [2.24, 2.45) is 0 Å². The predicted octanol–water partition coefficient (Wildman–Crippen LogP) is 5.17. The van der Waals surface area contributed by atoms with E-state index >= 15 is 0 Å². The van der Waals surface area contributed by atoms with Gasteiger partial charge in [-0.15, -0.1) is 0 Å². The number of nitrogens with zero attached hydrogens (tertiary/aromatic N) is 2. The Morgan fingerprint density at radius 3 is 2.76 bits per heavy atom. The Hall–Kier alpha value is -2.07. The van der Waals surface area contributed by atoms with E-state index in [-0.39, 0.29) is 5.91 Å². The zero-order valence-electron chi connectivity index (χ0n) is 15.4. The van der Waals surface area contributed by atoms with E-state index in [1.807, 2.05) is 32.0 Å². The van der Waals surface area contributed by atoms with Crippen LogP contribution in [0.15, 0.2) is 24.3 Å². The first-order valence-corrected chi connectivity index (χ1v) is 9.16. The van der Waals surface area contributed by atoms with Crippen LogP contribution in [0, 0.1) is 13.8 Å². The van der Waals surface area contributed by atoms with Crippen LogP contribution in [-0.2, 0) is 17.8 Å². The van der Waals surface area contributed by atoms with Gasteiger partial charge in [0.25, 0.3) is 0 Å². The molecule has 0 unspecified atom stereocenters. The Morgan fingerprint density at radius 1 is 1.32 bits per heavy atom. The second-order valence-corrected chi connectivity index (χ2v) is 6.51. The summed E-state index contributed by atoms with van der Waals surface area (Å²) in [6.07, 6.45) is 6.24. The van der Waals surface area contributed by atoms with Gasteiger partial charge in [-0.05, 0) is 43.9 Å². The van der Waals surface area contributed by atoms with Crippen LogP contribution < -0.4 is 5.32 Å². The van der Waals surface area contributed by atoms with Gasteiger partial charge in [0.1, 0.15) is 5.15 Å². The maximum Gasteiger partial charge on any atom is 0.248 e. The molecule has 25 heavy (non-hydrogen) atoms. The molecule has 5 heteroatoms. The number of unbranched alkanes of at least 4 members (excludes halogenated alkanes) is 1. The SMILES string of the molecule is CCCCn1nc(C)c(/C=C/C(=O)Nc2c(C)cccc2CC)c1Cl.